The molecule has 1 aromatic heterocycles. The predicted octanol–water partition coefficient (Wildman–Crippen LogP) is 2.72. The molecule has 0 radical (unpaired) electrons. The van der Waals surface area contributed by atoms with Crippen LogP contribution in [0.1, 0.15) is 18.4 Å². The van der Waals surface area contributed by atoms with Crippen molar-refractivity contribution in [1.82, 2.24) is 9.55 Å². The second-order valence-electron chi connectivity index (χ2n) is 6.27. The third-order valence-electron chi connectivity index (χ3n) is 3.32. The average Bonchev–Trinajstić information content (AvgIpc) is 2.32. The van der Waals surface area contributed by atoms with Crippen molar-refractivity contribution in [3.05, 3.63) is 15.9 Å². The molecule has 0 saturated heterocycles. The van der Waals surface area contributed by atoms with Crippen LogP contribution in [0.25, 0.3) is 0 Å². The van der Waals surface area contributed by atoms with Crippen LogP contribution in [0, 0.1) is 0 Å². The summed E-state index contributed by atoms with van der Waals surface area (Å²) in [4.78, 5) is 16.5. The maximum Gasteiger partial charge on any atom is 0.261 e. The van der Waals surface area contributed by atoms with E-state index in [1.165, 1.54) is 6.04 Å². The Labute approximate surface area is 119 Å². The van der Waals surface area contributed by atoms with Crippen molar-refractivity contribution in [2.24, 2.45) is 0 Å². The summed E-state index contributed by atoms with van der Waals surface area (Å²) in [6, 6.07) is 1.17. The molecule has 0 fully saturated rings. The highest BCUT2D eigenvalue weighted by molar-refractivity contribution is 7.99. The van der Waals surface area contributed by atoms with Crippen molar-refractivity contribution in [2.75, 3.05) is 5.75 Å². The minimum absolute atomic E-state index is 0.0368. The van der Waals surface area contributed by atoms with Crippen LogP contribution < -0.4 is 5.56 Å². The summed E-state index contributed by atoms with van der Waals surface area (Å²) in [5.41, 5.74) is 0.467. The van der Waals surface area contributed by atoms with Crippen molar-refractivity contribution in [1.29, 1.82) is 0 Å². The van der Waals surface area contributed by atoms with E-state index in [9.17, 15) is 9.90 Å². The number of rotatable bonds is 4. The van der Waals surface area contributed by atoms with Crippen LogP contribution in [0.15, 0.2) is 9.95 Å². The summed E-state index contributed by atoms with van der Waals surface area (Å²) >= 11 is 1.55. The molecule has 0 atom stereocenters. The van der Waals surface area contributed by atoms with Gasteiger partial charge in [-0.15, -0.1) is 0 Å². The van der Waals surface area contributed by atoms with Crippen molar-refractivity contribution >= 4 is 19.8 Å². The van der Waals surface area contributed by atoms with Gasteiger partial charge >= 0.3 is 0 Å². The van der Waals surface area contributed by atoms with E-state index < -0.39 is 8.07 Å². The van der Waals surface area contributed by atoms with E-state index in [1.54, 1.807) is 16.3 Å². The Balaban J connectivity index is 2.19. The molecule has 2 heterocycles. The lowest BCUT2D eigenvalue weighted by atomic mass is 10.2. The summed E-state index contributed by atoms with van der Waals surface area (Å²) in [7, 11) is -1.09. The van der Waals surface area contributed by atoms with E-state index in [0.29, 0.717) is 17.1 Å². The van der Waals surface area contributed by atoms with Crippen molar-refractivity contribution in [2.45, 2.75) is 56.6 Å². The average molecular weight is 298 g/mol. The fourth-order valence-electron chi connectivity index (χ4n) is 2.27. The smallest absolute Gasteiger partial charge is 0.261 e. The van der Waals surface area contributed by atoms with Gasteiger partial charge in [-0.3, -0.25) is 9.36 Å². The van der Waals surface area contributed by atoms with Crippen LogP contribution in [0.5, 0.6) is 5.88 Å². The van der Waals surface area contributed by atoms with Crippen molar-refractivity contribution in [3.8, 4) is 5.88 Å². The summed E-state index contributed by atoms with van der Waals surface area (Å²) in [5, 5.41) is 10.6. The number of thioether (sulfide) groups is 1. The number of hydrogen-bond acceptors (Lipinski definition) is 4. The Morgan fingerprint density at radius 2 is 2.16 bits per heavy atom. The largest absolute Gasteiger partial charge is 0.493 e. The minimum atomic E-state index is -1.09. The summed E-state index contributed by atoms with van der Waals surface area (Å²) in [6.07, 6.45) is 2.61. The molecule has 1 aliphatic heterocycles. The van der Waals surface area contributed by atoms with Crippen molar-refractivity contribution in [3.63, 3.8) is 0 Å². The maximum absolute atomic E-state index is 12.4. The number of aromatic nitrogens is 2. The zero-order valence-electron chi connectivity index (χ0n) is 11.9. The monoisotopic (exact) mass is 298 g/mol. The Hall–Kier alpha value is -0.753. The van der Waals surface area contributed by atoms with E-state index in [2.05, 4.69) is 24.6 Å². The number of nitrogens with zero attached hydrogens (tertiary/aromatic N) is 2. The van der Waals surface area contributed by atoms with Crippen molar-refractivity contribution < 1.29 is 5.11 Å². The highest BCUT2D eigenvalue weighted by Crippen LogP contribution is 2.25. The zero-order valence-corrected chi connectivity index (χ0v) is 13.7. The fraction of sp³-hybridized carbons (Fsp3) is 0.692. The van der Waals surface area contributed by atoms with Gasteiger partial charge in [-0.25, -0.2) is 0 Å². The summed E-state index contributed by atoms with van der Waals surface area (Å²) < 4.78 is 1.72. The van der Waals surface area contributed by atoms with Gasteiger partial charge in [0.05, 0.1) is 5.56 Å². The molecule has 0 saturated carbocycles. The number of hydrogen-bond donors (Lipinski definition) is 1. The van der Waals surface area contributed by atoms with E-state index in [4.69, 9.17) is 0 Å². The van der Waals surface area contributed by atoms with Gasteiger partial charge in [0.1, 0.15) is 0 Å². The van der Waals surface area contributed by atoms with E-state index in [1.807, 2.05) is 0 Å². The highest BCUT2D eigenvalue weighted by atomic mass is 32.2. The summed E-state index contributed by atoms with van der Waals surface area (Å²) in [6.45, 7) is 7.69. The molecule has 1 aliphatic rings. The van der Waals surface area contributed by atoms with Crippen LogP contribution in [0.4, 0.5) is 0 Å². The van der Waals surface area contributed by atoms with Crippen LogP contribution in [0.3, 0.4) is 0 Å². The third kappa shape index (κ3) is 3.63. The standard InChI is InChI=1S/C13H22N2O2SSi/c1-19(2,3)9-4-6-10-11(16)14-13-15(12(10)17)7-5-8-18-13/h16H,4-9H2,1-3H3. The molecule has 0 amide bonds. The van der Waals surface area contributed by atoms with Gasteiger partial charge in [0.2, 0.25) is 5.88 Å². The van der Waals surface area contributed by atoms with Gasteiger partial charge in [-0.1, -0.05) is 43.9 Å². The minimum Gasteiger partial charge on any atom is -0.493 e. The fourth-order valence-corrected chi connectivity index (χ4v) is 4.45. The molecule has 6 heteroatoms. The highest BCUT2D eigenvalue weighted by Gasteiger charge is 2.20. The van der Waals surface area contributed by atoms with Crippen LogP contribution >= 0.6 is 11.8 Å². The first-order chi connectivity index (χ1) is 8.88. The van der Waals surface area contributed by atoms with Gasteiger partial charge in [0.15, 0.2) is 5.16 Å². The Kier molecular flexibility index (Phi) is 4.40. The lowest BCUT2D eigenvalue weighted by Crippen LogP contribution is -2.29. The Morgan fingerprint density at radius 3 is 2.84 bits per heavy atom. The molecular formula is C13H22N2O2SSi. The van der Waals surface area contributed by atoms with Crippen LogP contribution in [-0.4, -0.2) is 28.5 Å². The van der Waals surface area contributed by atoms with Gasteiger partial charge in [-0.2, -0.15) is 4.98 Å². The summed E-state index contributed by atoms with van der Waals surface area (Å²) in [5.74, 6) is 0.919. The lowest BCUT2D eigenvalue weighted by Gasteiger charge is -2.19. The number of fused-ring (bicyclic) bond motifs is 1. The predicted molar refractivity (Wildman–Crippen MR) is 82.0 cm³/mol. The molecule has 0 aromatic carbocycles. The molecule has 19 heavy (non-hydrogen) atoms. The SMILES string of the molecule is C[Si](C)(C)CCCc1c(O)nc2n(c1=O)CCCS2. The molecule has 106 valence electrons. The molecule has 0 aliphatic carbocycles. The first-order valence-electron chi connectivity index (χ1n) is 6.84. The lowest BCUT2D eigenvalue weighted by molar-refractivity contribution is 0.419. The molecule has 2 rings (SSSR count). The van der Waals surface area contributed by atoms with E-state index in [-0.39, 0.29) is 11.4 Å². The first-order valence-corrected chi connectivity index (χ1v) is 11.5. The van der Waals surface area contributed by atoms with E-state index in [0.717, 1.165) is 25.1 Å². The van der Waals surface area contributed by atoms with Gasteiger partial charge in [0, 0.05) is 20.4 Å². The first kappa shape index (κ1) is 14.7. The molecule has 4 nitrogen and oxygen atoms in total. The van der Waals surface area contributed by atoms with Crippen LogP contribution in [0.2, 0.25) is 25.7 Å². The third-order valence-corrected chi connectivity index (χ3v) is 6.23. The molecule has 1 aromatic rings. The van der Waals surface area contributed by atoms with Gasteiger partial charge in [0.25, 0.3) is 5.56 Å². The number of aromatic hydroxyl groups is 1. The Bertz CT molecular complexity index is 523. The van der Waals surface area contributed by atoms with Gasteiger partial charge < -0.3 is 5.11 Å². The van der Waals surface area contributed by atoms with Gasteiger partial charge in [-0.05, 0) is 12.8 Å². The topological polar surface area (TPSA) is 55.1 Å². The Morgan fingerprint density at radius 1 is 1.42 bits per heavy atom. The van der Waals surface area contributed by atoms with Crippen LogP contribution in [-0.2, 0) is 13.0 Å². The molecule has 0 bridgehead atoms. The normalized spacial score (nSPS) is 15.3. The quantitative estimate of drug-likeness (QED) is 0.686. The maximum atomic E-state index is 12.4. The molecule has 0 spiro atoms. The molecule has 0 unspecified atom stereocenters. The second kappa shape index (κ2) is 5.71. The molecule has 1 N–H and O–H groups in total. The van der Waals surface area contributed by atoms with E-state index >= 15 is 0 Å². The second-order valence-corrected chi connectivity index (χ2v) is 13.0. The zero-order chi connectivity index (χ0) is 14.0. The molecular weight excluding hydrogens is 276 g/mol.